The molecule has 5 aromatic rings. The minimum Gasteiger partial charge on any atom is -0.310 e. The molecule has 1 aromatic heterocycles. The van der Waals surface area contributed by atoms with Crippen molar-refractivity contribution in [3.63, 3.8) is 0 Å². The smallest absolute Gasteiger partial charge is 0.310 e. The standard InChI is InChI=1S/C33H31BrN4O2/c1-3-23-18-20-25(21-19-23)38-31(35-28-16-10-8-14-26(28)32(38)39)30(4-2)37(22-24-12-6-5-7-13-24)33(40)36-29-17-11-9-15-27(29)34/h5-21,30H,3-4,22H2,1-2H3,(H,36,40). The largest absolute Gasteiger partial charge is 0.322 e. The maximum Gasteiger partial charge on any atom is 0.322 e. The van der Waals surface area contributed by atoms with Crippen molar-refractivity contribution >= 4 is 38.6 Å². The summed E-state index contributed by atoms with van der Waals surface area (Å²) in [6.07, 6.45) is 1.45. The van der Waals surface area contributed by atoms with Crippen LogP contribution in [-0.2, 0) is 13.0 Å². The summed E-state index contributed by atoms with van der Waals surface area (Å²) >= 11 is 3.54. The number of rotatable bonds is 8. The van der Waals surface area contributed by atoms with E-state index in [1.807, 2.05) is 104 Å². The van der Waals surface area contributed by atoms with E-state index in [4.69, 9.17) is 4.98 Å². The van der Waals surface area contributed by atoms with Gasteiger partial charge in [-0.15, -0.1) is 0 Å². The Balaban J connectivity index is 1.68. The number of hydrogen-bond donors (Lipinski definition) is 1. The van der Waals surface area contributed by atoms with E-state index < -0.39 is 6.04 Å². The monoisotopic (exact) mass is 594 g/mol. The molecule has 1 N–H and O–H groups in total. The van der Waals surface area contributed by atoms with Gasteiger partial charge in [-0.25, -0.2) is 9.78 Å². The molecule has 40 heavy (non-hydrogen) atoms. The molecule has 0 aliphatic carbocycles. The van der Waals surface area contributed by atoms with Gasteiger partial charge in [0.25, 0.3) is 5.56 Å². The number of carbonyl (C=O) groups is 1. The number of anilines is 1. The third kappa shape index (κ3) is 5.70. The van der Waals surface area contributed by atoms with Crippen LogP contribution in [0.4, 0.5) is 10.5 Å². The maximum atomic E-state index is 14.0. The molecule has 1 unspecified atom stereocenters. The second-order valence-electron chi connectivity index (χ2n) is 9.60. The second-order valence-corrected chi connectivity index (χ2v) is 10.4. The van der Waals surface area contributed by atoms with Crippen LogP contribution in [-0.4, -0.2) is 20.5 Å². The lowest BCUT2D eigenvalue weighted by atomic mass is 10.1. The third-order valence-electron chi connectivity index (χ3n) is 7.04. The Bertz CT molecular complexity index is 1680. The first-order valence-corrected chi connectivity index (χ1v) is 14.3. The Morgan fingerprint density at radius 1 is 0.875 bits per heavy atom. The van der Waals surface area contributed by atoms with Crippen LogP contribution in [0.2, 0.25) is 0 Å². The zero-order valence-electron chi connectivity index (χ0n) is 22.5. The summed E-state index contributed by atoms with van der Waals surface area (Å²) in [6.45, 7) is 4.45. The van der Waals surface area contributed by atoms with E-state index >= 15 is 0 Å². The van der Waals surface area contributed by atoms with Gasteiger partial charge in [-0.1, -0.05) is 80.6 Å². The Morgan fingerprint density at radius 3 is 2.25 bits per heavy atom. The number of para-hydroxylation sites is 2. The number of aromatic nitrogens is 2. The lowest BCUT2D eigenvalue weighted by Gasteiger charge is -2.32. The first kappa shape index (κ1) is 27.3. The minimum absolute atomic E-state index is 0.158. The number of benzene rings is 4. The maximum absolute atomic E-state index is 14.0. The summed E-state index contributed by atoms with van der Waals surface area (Å²) in [5.74, 6) is 0.522. The minimum atomic E-state index is -0.495. The van der Waals surface area contributed by atoms with Gasteiger partial charge in [0, 0.05) is 11.0 Å². The molecular formula is C33H31BrN4O2. The molecule has 0 aliphatic heterocycles. The molecule has 202 valence electrons. The Hall–Kier alpha value is -4.23. The summed E-state index contributed by atoms with van der Waals surface area (Å²) in [5, 5.41) is 3.60. The van der Waals surface area contributed by atoms with Crippen molar-refractivity contribution in [2.75, 3.05) is 5.32 Å². The van der Waals surface area contributed by atoms with Crippen LogP contribution in [0.25, 0.3) is 16.6 Å². The molecule has 4 aromatic carbocycles. The molecule has 2 amide bonds. The van der Waals surface area contributed by atoms with Gasteiger partial charge in [-0.05, 0) is 76.3 Å². The summed E-state index contributed by atoms with van der Waals surface area (Å²) in [6, 6.07) is 31.9. The Kier molecular flexibility index (Phi) is 8.41. The molecule has 6 nitrogen and oxygen atoms in total. The summed E-state index contributed by atoms with van der Waals surface area (Å²) in [5.41, 5.74) is 3.99. The highest BCUT2D eigenvalue weighted by Crippen LogP contribution is 2.30. The van der Waals surface area contributed by atoms with E-state index in [1.165, 1.54) is 5.56 Å². The summed E-state index contributed by atoms with van der Waals surface area (Å²) < 4.78 is 2.45. The van der Waals surface area contributed by atoms with Crippen LogP contribution < -0.4 is 10.9 Å². The number of fused-ring (bicyclic) bond motifs is 1. The molecule has 0 fully saturated rings. The predicted octanol–water partition coefficient (Wildman–Crippen LogP) is 7.90. The number of halogens is 1. The molecule has 5 rings (SSSR count). The molecule has 0 saturated heterocycles. The predicted molar refractivity (Wildman–Crippen MR) is 165 cm³/mol. The quantitative estimate of drug-likeness (QED) is 0.198. The fraction of sp³-hybridized carbons (Fsp3) is 0.182. The average Bonchev–Trinajstić information content (AvgIpc) is 2.99. The molecule has 0 saturated carbocycles. The molecule has 0 spiro atoms. The van der Waals surface area contributed by atoms with Crippen molar-refractivity contribution in [1.82, 2.24) is 14.5 Å². The summed E-state index contributed by atoms with van der Waals surface area (Å²) in [7, 11) is 0. The SMILES string of the molecule is CCc1ccc(-n2c(C(CC)N(Cc3ccccc3)C(=O)Nc3ccccc3Br)nc3ccccc3c2=O)cc1. The number of nitrogens with zero attached hydrogens (tertiary/aromatic N) is 3. The second kappa shape index (κ2) is 12.3. The lowest BCUT2D eigenvalue weighted by molar-refractivity contribution is 0.177. The van der Waals surface area contributed by atoms with Gasteiger partial charge in [0.15, 0.2) is 0 Å². The average molecular weight is 596 g/mol. The van der Waals surface area contributed by atoms with Gasteiger partial charge >= 0.3 is 6.03 Å². The molecule has 1 heterocycles. The first-order chi connectivity index (χ1) is 19.5. The van der Waals surface area contributed by atoms with Crippen molar-refractivity contribution in [3.8, 4) is 5.69 Å². The number of aryl methyl sites for hydroxylation is 1. The van der Waals surface area contributed by atoms with Crippen molar-refractivity contribution in [2.24, 2.45) is 0 Å². The van der Waals surface area contributed by atoms with E-state index in [1.54, 1.807) is 15.5 Å². The molecule has 0 aliphatic rings. The number of amides is 2. The topological polar surface area (TPSA) is 67.2 Å². The van der Waals surface area contributed by atoms with Gasteiger partial charge < -0.3 is 10.2 Å². The summed E-state index contributed by atoms with van der Waals surface area (Å²) in [4.78, 5) is 34.8. The zero-order chi connectivity index (χ0) is 28.1. The van der Waals surface area contributed by atoms with E-state index in [9.17, 15) is 9.59 Å². The van der Waals surface area contributed by atoms with Gasteiger partial charge in [0.2, 0.25) is 0 Å². The highest BCUT2D eigenvalue weighted by molar-refractivity contribution is 9.10. The van der Waals surface area contributed by atoms with Crippen molar-refractivity contribution in [1.29, 1.82) is 0 Å². The van der Waals surface area contributed by atoms with Gasteiger partial charge in [0.1, 0.15) is 5.82 Å². The fourth-order valence-corrected chi connectivity index (χ4v) is 5.28. The number of carbonyl (C=O) groups excluding carboxylic acids is 1. The fourth-order valence-electron chi connectivity index (χ4n) is 4.90. The molecule has 0 radical (unpaired) electrons. The Morgan fingerprint density at radius 2 is 1.55 bits per heavy atom. The van der Waals surface area contributed by atoms with E-state index in [0.29, 0.717) is 35.4 Å². The molecular weight excluding hydrogens is 564 g/mol. The van der Waals surface area contributed by atoms with Crippen LogP contribution in [0, 0.1) is 0 Å². The highest BCUT2D eigenvalue weighted by atomic mass is 79.9. The van der Waals surface area contributed by atoms with E-state index in [2.05, 4.69) is 28.2 Å². The zero-order valence-corrected chi connectivity index (χ0v) is 24.1. The van der Waals surface area contributed by atoms with E-state index in [0.717, 1.165) is 22.1 Å². The van der Waals surface area contributed by atoms with Crippen LogP contribution in [0.1, 0.15) is 43.3 Å². The number of hydrogen-bond acceptors (Lipinski definition) is 3. The number of urea groups is 1. The van der Waals surface area contributed by atoms with Crippen LogP contribution >= 0.6 is 15.9 Å². The van der Waals surface area contributed by atoms with Crippen molar-refractivity contribution in [2.45, 2.75) is 39.3 Å². The van der Waals surface area contributed by atoms with E-state index in [-0.39, 0.29) is 11.6 Å². The first-order valence-electron chi connectivity index (χ1n) is 13.5. The van der Waals surface area contributed by atoms with Crippen molar-refractivity contribution in [3.05, 3.63) is 135 Å². The van der Waals surface area contributed by atoms with Gasteiger partial charge in [-0.2, -0.15) is 0 Å². The normalized spacial score (nSPS) is 11.8. The van der Waals surface area contributed by atoms with Crippen LogP contribution in [0.15, 0.2) is 112 Å². The lowest BCUT2D eigenvalue weighted by Crippen LogP contribution is -2.40. The molecule has 1 atom stereocenters. The van der Waals surface area contributed by atoms with Gasteiger partial charge in [0.05, 0.1) is 28.3 Å². The molecule has 7 heteroatoms. The molecule has 0 bridgehead atoms. The Labute approximate surface area is 242 Å². The van der Waals surface area contributed by atoms with Gasteiger partial charge in [-0.3, -0.25) is 9.36 Å². The van der Waals surface area contributed by atoms with Crippen LogP contribution in [0.5, 0.6) is 0 Å². The third-order valence-corrected chi connectivity index (χ3v) is 7.73. The number of nitrogens with one attached hydrogen (secondary N) is 1. The van der Waals surface area contributed by atoms with Crippen molar-refractivity contribution < 1.29 is 4.79 Å². The van der Waals surface area contributed by atoms with Crippen LogP contribution in [0.3, 0.4) is 0 Å². The highest BCUT2D eigenvalue weighted by Gasteiger charge is 2.30.